The minimum Gasteiger partial charge on any atom is -0.393 e. The highest BCUT2D eigenvalue weighted by atomic mass is 16.5. The van der Waals surface area contributed by atoms with Gasteiger partial charge in [0.05, 0.1) is 11.7 Å². The molecule has 3 unspecified atom stereocenters. The van der Waals surface area contributed by atoms with Gasteiger partial charge < -0.3 is 9.84 Å². The average molecular weight is 268 g/mol. The summed E-state index contributed by atoms with van der Waals surface area (Å²) < 4.78 is 6.07. The number of aliphatic hydroxyl groups is 1. The molecule has 2 aliphatic rings. The number of ether oxygens (including phenoxy) is 1. The molecule has 1 heterocycles. The standard InChI is InChI=1S/C17H32O2/c1-13(16(2,3)4)11-15(18)14-7-10-19-17(12-14)8-5-6-9-17/h13-15,18H,5-12H2,1-4H3. The van der Waals surface area contributed by atoms with Crippen molar-refractivity contribution in [2.75, 3.05) is 6.61 Å². The van der Waals surface area contributed by atoms with Crippen molar-refractivity contribution < 1.29 is 9.84 Å². The maximum Gasteiger partial charge on any atom is 0.0686 e. The van der Waals surface area contributed by atoms with E-state index in [0.717, 1.165) is 25.9 Å². The molecule has 2 fully saturated rings. The van der Waals surface area contributed by atoms with Crippen LogP contribution >= 0.6 is 0 Å². The number of rotatable bonds is 3. The van der Waals surface area contributed by atoms with Gasteiger partial charge in [0, 0.05) is 6.61 Å². The van der Waals surface area contributed by atoms with Crippen LogP contribution in [0, 0.1) is 17.3 Å². The molecule has 112 valence electrons. The van der Waals surface area contributed by atoms with Gasteiger partial charge in [-0.15, -0.1) is 0 Å². The Labute approximate surface area is 118 Å². The summed E-state index contributed by atoms with van der Waals surface area (Å²) in [5.74, 6) is 1.02. The van der Waals surface area contributed by atoms with Crippen LogP contribution in [0.25, 0.3) is 0 Å². The van der Waals surface area contributed by atoms with Crippen LogP contribution < -0.4 is 0 Å². The Kier molecular flexibility index (Phi) is 4.62. The number of hydrogen-bond donors (Lipinski definition) is 1. The van der Waals surface area contributed by atoms with Crippen LogP contribution in [0.4, 0.5) is 0 Å². The Morgan fingerprint density at radius 1 is 1.26 bits per heavy atom. The lowest BCUT2D eigenvalue weighted by Crippen LogP contribution is -2.42. The monoisotopic (exact) mass is 268 g/mol. The summed E-state index contributed by atoms with van der Waals surface area (Å²) in [7, 11) is 0. The topological polar surface area (TPSA) is 29.5 Å². The average Bonchev–Trinajstić information content (AvgIpc) is 2.76. The highest BCUT2D eigenvalue weighted by Crippen LogP contribution is 2.44. The van der Waals surface area contributed by atoms with Crippen molar-refractivity contribution in [2.24, 2.45) is 17.3 Å². The Balaban J connectivity index is 1.90. The highest BCUT2D eigenvalue weighted by Gasteiger charge is 2.42. The summed E-state index contributed by atoms with van der Waals surface area (Å²) >= 11 is 0. The number of aliphatic hydroxyl groups excluding tert-OH is 1. The molecule has 2 nitrogen and oxygen atoms in total. The van der Waals surface area contributed by atoms with Crippen LogP contribution in [-0.4, -0.2) is 23.4 Å². The lowest BCUT2D eigenvalue weighted by Gasteiger charge is -2.41. The molecule has 1 aliphatic carbocycles. The molecule has 3 atom stereocenters. The van der Waals surface area contributed by atoms with Crippen molar-refractivity contribution in [3.8, 4) is 0 Å². The maximum atomic E-state index is 10.6. The van der Waals surface area contributed by atoms with Gasteiger partial charge in [0.1, 0.15) is 0 Å². The molecule has 1 aliphatic heterocycles. The largest absolute Gasteiger partial charge is 0.393 e. The Bertz CT molecular complexity index is 286. The van der Waals surface area contributed by atoms with Gasteiger partial charge in [-0.1, -0.05) is 40.5 Å². The molecule has 0 aromatic rings. The summed E-state index contributed by atoms with van der Waals surface area (Å²) in [4.78, 5) is 0. The molecule has 0 aromatic heterocycles. The third-order valence-electron chi connectivity index (χ3n) is 5.66. The summed E-state index contributed by atoms with van der Waals surface area (Å²) in [5, 5.41) is 10.6. The van der Waals surface area contributed by atoms with Crippen molar-refractivity contribution in [2.45, 2.75) is 84.3 Å². The molecule has 0 radical (unpaired) electrons. The first-order valence-electron chi connectivity index (χ1n) is 8.14. The molecular weight excluding hydrogens is 236 g/mol. The summed E-state index contributed by atoms with van der Waals surface area (Å²) in [6, 6.07) is 0. The Morgan fingerprint density at radius 3 is 2.47 bits per heavy atom. The van der Waals surface area contributed by atoms with E-state index < -0.39 is 0 Å². The van der Waals surface area contributed by atoms with E-state index >= 15 is 0 Å². The van der Waals surface area contributed by atoms with E-state index in [9.17, 15) is 5.11 Å². The molecule has 19 heavy (non-hydrogen) atoms. The second-order valence-electron chi connectivity index (χ2n) is 8.06. The zero-order valence-electron chi connectivity index (χ0n) is 13.2. The van der Waals surface area contributed by atoms with E-state index in [-0.39, 0.29) is 17.1 Å². The lowest BCUT2D eigenvalue weighted by atomic mass is 9.74. The predicted octanol–water partition coefficient (Wildman–Crippen LogP) is 4.16. The van der Waals surface area contributed by atoms with E-state index in [1.54, 1.807) is 0 Å². The van der Waals surface area contributed by atoms with Crippen LogP contribution in [-0.2, 0) is 4.74 Å². The molecule has 0 aromatic carbocycles. The zero-order valence-corrected chi connectivity index (χ0v) is 13.2. The Hall–Kier alpha value is -0.0800. The SMILES string of the molecule is CC(CC(O)C1CCOC2(CCCC2)C1)C(C)(C)C. The first-order valence-corrected chi connectivity index (χ1v) is 8.14. The first kappa shape index (κ1) is 15.3. The van der Waals surface area contributed by atoms with Crippen molar-refractivity contribution in [3.63, 3.8) is 0 Å². The fourth-order valence-corrected chi connectivity index (χ4v) is 3.67. The van der Waals surface area contributed by atoms with Gasteiger partial charge in [-0.25, -0.2) is 0 Å². The predicted molar refractivity (Wildman–Crippen MR) is 79.1 cm³/mol. The molecule has 1 saturated carbocycles. The summed E-state index contributed by atoms with van der Waals surface area (Å²) in [5.41, 5.74) is 0.423. The van der Waals surface area contributed by atoms with Crippen LogP contribution in [0.5, 0.6) is 0 Å². The van der Waals surface area contributed by atoms with E-state index in [4.69, 9.17) is 4.74 Å². The molecule has 2 rings (SSSR count). The second-order valence-corrected chi connectivity index (χ2v) is 8.06. The summed E-state index contributed by atoms with van der Waals surface area (Å²) in [6.45, 7) is 9.94. The van der Waals surface area contributed by atoms with E-state index in [2.05, 4.69) is 27.7 Å². The fraction of sp³-hybridized carbons (Fsp3) is 1.00. The van der Waals surface area contributed by atoms with Crippen LogP contribution in [0.15, 0.2) is 0 Å². The minimum absolute atomic E-state index is 0.134. The van der Waals surface area contributed by atoms with Gasteiger partial charge in [-0.3, -0.25) is 0 Å². The summed E-state index contributed by atoms with van der Waals surface area (Å²) in [6.07, 6.45) is 7.96. The Morgan fingerprint density at radius 2 is 1.89 bits per heavy atom. The zero-order chi connectivity index (χ0) is 14.1. The molecular formula is C17H32O2. The lowest BCUT2D eigenvalue weighted by molar-refractivity contribution is -0.115. The smallest absolute Gasteiger partial charge is 0.0686 e. The second kappa shape index (κ2) is 5.73. The van der Waals surface area contributed by atoms with Crippen molar-refractivity contribution in [1.29, 1.82) is 0 Å². The van der Waals surface area contributed by atoms with E-state index in [1.165, 1.54) is 25.7 Å². The quantitative estimate of drug-likeness (QED) is 0.833. The third-order valence-corrected chi connectivity index (χ3v) is 5.66. The highest BCUT2D eigenvalue weighted by molar-refractivity contribution is 4.93. The molecule has 1 saturated heterocycles. The minimum atomic E-state index is -0.143. The molecule has 1 spiro atoms. The van der Waals surface area contributed by atoms with Gasteiger partial charge in [-0.2, -0.15) is 0 Å². The van der Waals surface area contributed by atoms with Crippen LogP contribution in [0.1, 0.15) is 72.6 Å². The van der Waals surface area contributed by atoms with Crippen molar-refractivity contribution in [1.82, 2.24) is 0 Å². The van der Waals surface area contributed by atoms with Gasteiger partial charge in [0.25, 0.3) is 0 Å². The third kappa shape index (κ3) is 3.72. The molecule has 1 N–H and O–H groups in total. The van der Waals surface area contributed by atoms with Gasteiger partial charge in [0.2, 0.25) is 0 Å². The van der Waals surface area contributed by atoms with E-state index in [0.29, 0.717) is 11.8 Å². The first-order chi connectivity index (χ1) is 8.82. The van der Waals surface area contributed by atoms with E-state index in [1.807, 2.05) is 0 Å². The van der Waals surface area contributed by atoms with Crippen molar-refractivity contribution in [3.05, 3.63) is 0 Å². The van der Waals surface area contributed by atoms with Gasteiger partial charge in [-0.05, 0) is 49.4 Å². The van der Waals surface area contributed by atoms with Crippen molar-refractivity contribution >= 4 is 0 Å². The van der Waals surface area contributed by atoms with Gasteiger partial charge >= 0.3 is 0 Å². The fourth-order valence-electron chi connectivity index (χ4n) is 3.67. The van der Waals surface area contributed by atoms with Crippen LogP contribution in [0.3, 0.4) is 0 Å². The van der Waals surface area contributed by atoms with Crippen LogP contribution in [0.2, 0.25) is 0 Å². The number of hydrogen-bond acceptors (Lipinski definition) is 2. The molecule has 2 heteroatoms. The van der Waals surface area contributed by atoms with Gasteiger partial charge in [0.15, 0.2) is 0 Å². The molecule has 0 bridgehead atoms. The normalized spacial score (nSPS) is 30.5. The molecule has 0 amide bonds. The maximum absolute atomic E-state index is 10.6.